The summed E-state index contributed by atoms with van der Waals surface area (Å²) in [6.45, 7) is 5.59. The molecule has 1 saturated heterocycles. The maximum atomic E-state index is 5.54. The molecule has 0 radical (unpaired) electrons. The van der Waals surface area contributed by atoms with E-state index in [9.17, 15) is 0 Å². The number of para-hydroxylation sites is 2. The van der Waals surface area contributed by atoms with Gasteiger partial charge in [-0.25, -0.2) is 4.98 Å². The molecule has 0 spiro atoms. The summed E-state index contributed by atoms with van der Waals surface area (Å²) in [4.78, 5) is 14.0. The summed E-state index contributed by atoms with van der Waals surface area (Å²) in [5.41, 5.74) is 3.08. The molecule has 2 aromatic carbocycles. The maximum Gasteiger partial charge on any atom is 0.254 e. The molecule has 0 bridgehead atoms. The van der Waals surface area contributed by atoms with E-state index in [0.29, 0.717) is 11.6 Å². The van der Waals surface area contributed by atoms with E-state index in [1.54, 1.807) is 7.11 Å². The van der Waals surface area contributed by atoms with Crippen LogP contribution in [-0.2, 0) is 0 Å². The van der Waals surface area contributed by atoms with Gasteiger partial charge in [0.1, 0.15) is 11.6 Å². The van der Waals surface area contributed by atoms with Crippen molar-refractivity contribution in [3.63, 3.8) is 0 Å². The van der Waals surface area contributed by atoms with Crippen molar-refractivity contribution in [1.82, 2.24) is 19.6 Å². The van der Waals surface area contributed by atoms with Gasteiger partial charge in [0.2, 0.25) is 0 Å². The molecule has 2 aromatic heterocycles. The Bertz CT molecular complexity index is 1170. The predicted octanol–water partition coefficient (Wildman–Crippen LogP) is 3.43. The van der Waals surface area contributed by atoms with Gasteiger partial charge in [-0.1, -0.05) is 42.5 Å². The highest BCUT2D eigenvalue weighted by Crippen LogP contribution is 2.29. The van der Waals surface area contributed by atoms with Gasteiger partial charge in [-0.05, 0) is 19.1 Å². The number of aromatic nitrogens is 4. The fraction of sp³-hybridized carbons (Fsp3) is 0.261. The summed E-state index contributed by atoms with van der Waals surface area (Å²) >= 11 is 0. The second-order valence-corrected chi connectivity index (χ2v) is 7.41. The van der Waals surface area contributed by atoms with E-state index in [2.05, 4.69) is 38.0 Å². The molecule has 0 atom stereocenters. The Kier molecular flexibility index (Phi) is 4.71. The number of aryl methyl sites for hydroxylation is 1. The predicted molar refractivity (Wildman–Crippen MR) is 118 cm³/mol. The molecule has 0 amide bonds. The van der Waals surface area contributed by atoms with Gasteiger partial charge >= 0.3 is 0 Å². The highest BCUT2D eigenvalue weighted by molar-refractivity contribution is 5.61. The number of ether oxygens (including phenoxy) is 1. The van der Waals surface area contributed by atoms with Crippen molar-refractivity contribution in [2.45, 2.75) is 6.92 Å². The van der Waals surface area contributed by atoms with Crippen LogP contribution in [0.25, 0.3) is 17.2 Å². The van der Waals surface area contributed by atoms with Crippen LogP contribution in [0, 0.1) is 6.92 Å². The molecular formula is C23H24N6O. The van der Waals surface area contributed by atoms with Crippen molar-refractivity contribution in [1.29, 1.82) is 0 Å². The average molecular weight is 400 g/mol. The normalized spacial score (nSPS) is 14.3. The molecule has 7 nitrogen and oxygen atoms in total. The SMILES string of the molecule is COc1ccccc1N1CCN(c2cc(C)nc3nc(-c4ccccc4)nn23)CC1. The quantitative estimate of drug-likeness (QED) is 0.523. The van der Waals surface area contributed by atoms with E-state index in [4.69, 9.17) is 9.84 Å². The summed E-state index contributed by atoms with van der Waals surface area (Å²) in [5.74, 6) is 3.28. The molecule has 1 aliphatic heterocycles. The van der Waals surface area contributed by atoms with Gasteiger partial charge < -0.3 is 14.5 Å². The van der Waals surface area contributed by atoms with Crippen LogP contribution in [0.1, 0.15) is 5.69 Å². The summed E-state index contributed by atoms with van der Waals surface area (Å²) in [6, 6.07) is 20.3. The van der Waals surface area contributed by atoms with Crippen molar-refractivity contribution in [2.75, 3.05) is 43.1 Å². The molecule has 0 saturated carbocycles. The summed E-state index contributed by atoms with van der Waals surface area (Å²) in [5, 5.41) is 4.77. The van der Waals surface area contributed by atoms with Crippen molar-refractivity contribution < 1.29 is 4.74 Å². The summed E-state index contributed by atoms with van der Waals surface area (Å²) in [7, 11) is 1.72. The number of benzene rings is 2. The zero-order chi connectivity index (χ0) is 20.5. The smallest absolute Gasteiger partial charge is 0.254 e. The van der Waals surface area contributed by atoms with Crippen LogP contribution in [-0.4, -0.2) is 52.9 Å². The maximum absolute atomic E-state index is 5.54. The fourth-order valence-corrected chi connectivity index (χ4v) is 3.97. The lowest BCUT2D eigenvalue weighted by Crippen LogP contribution is -2.47. The highest BCUT2D eigenvalue weighted by Gasteiger charge is 2.23. The van der Waals surface area contributed by atoms with Gasteiger partial charge in [0, 0.05) is 43.5 Å². The number of nitrogens with zero attached hydrogens (tertiary/aromatic N) is 6. The number of anilines is 2. The third kappa shape index (κ3) is 3.32. The first-order valence-electron chi connectivity index (χ1n) is 10.2. The van der Waals surface area contributed by atoms with Crippen LogP contribution >= 0.6 is 0 Å². The lowest BCUT2D eigenvalue weighted by atomic mass is 10.2. The van der Waals surface area contributed by atoms with Gasteiger partial charge in [0.25, 0.3) is 5.78 Å². The number of hydrogen-bond donors (Lipinski definition) is 0. The molecule has 5 rings (SSSR count). The molecule has 1 aliphatic rings. The number of piperazine rings is 1. The van der Waals surface area contributed by atoms with Gasteiger partial charge in [0.05, 0.1) is 12.8 Å². The zero-order valence-corrected chi connectivity index (χ0v) is 17.2. The van der Waals surface area contributed by atoms with Crippen LogP contribution in [0.15, 0.2) is 60.7 Å². The number of methoxy groups -OCH3 is 1. The first kappa shape index (κ1) is 18.4. The third-order valence-corrected chi connectivity index (χ3v) is 5.48. The third-order valence-electron chi connectivity index (χ3n) is 5.48. The molecule has 30 heavy (non-hydrogen) atoms. The molecule has 7 heteroatoms. The number of hydrogen-bond acceptors (Lipinski definition) is 6. The van der Waals surface area contributed by atoms with E-state index in [-0.39, 0.29) is 0 Å². The van der Waals surface area contributed by atoms with Gasteiger partial charge in [-0.2, -0.15) is 9.50 Å². The molecule has 0 aliphatic carbocycles. The fourth-order valence-electron chi connectivity index (χ4n) is 3.97. The minimum absolute atomic E-state index is 0.635. The molecule has 1 fully saturated rings. The topological polar surface area (TPSA) is 58.8 Å². The second kappa shape index (κ2) is 7.67. The molecule has 4 aromatic rings. The lowest BCUT2D eigenvalue weighted by Gasteiger charge is -2.37. The van der Waals surface area contributed by atoms with Crippen molar-refractivity contribution in [2.24, 2.45) is 0 Å². The first-order valence-corrected chi connectivity index (χ1v) is 10.2. The van der Waals surface area contributed by atoms with Gasteiger partial charge in [0.15, 0.2) is 5.82 Å². The Labute approximate surface area is 175 Å². The Balaban J connectivity index is 1.43. The second-order valence-electron chi connectivity index (χ2n) is 7.41. The van der Waals surface area contributed by atoms with E-state index in [1.807, 2.05) is 53.9 Å². The minimum atomic E-state index is 0.635. The standard InChI is InChI=1S/C23H24N6O/c1-17-16-21(29-23(24-17)25-22(26-29)18-8-4-3-5-9-18)28-14-12-27(13-15-28)19-10-6-7-11-20(19)30-2/h3-11,16H,12-15H2,1-2H3. The zero-order valence-electron chi connectivity index (χ0n) is 17.2. The molecule has 3 heterocycles. The largest absolute Gasteiger partial charge is 0.495 e. The van der Waals surface area contributed by atoms with Crippen LogP contribution in [0.2, 0.25) is 0 Å². The molecule has 0 N–H and O–H groups in total. The van der Waals surface area contributed by atoms with E-state index < -0.39 is 0 Å². The van der Waals surface area contributed by atoms with Crippen LogP contribution in [0.4, 0.5) is 11.5 Å². The van der Waals surface area contributed by atoms with Gasteiger partial charge in [-0.15, -0.1) is 5.10 Å². The molecular weight excluding hydrogens is 376 g/mol. The number of rotatable bonds is 4. The summed E-state index contributed by atoms with van der Waals surface area (Å²) < 4.78 is 7.41. The van der Waals surface area contributed by atoms with Crippen LogP contribution in [0.5, 0.6) is 5.75 Å². The lowest BCUT2D eigenvalue weighted by molar-refractivity contribution is 0.413. The number of fused-ring (bicyclic) bond motifs is 1. The minimum Gasteiger partial charge on any atom is -0.495 e. The van der Waals surface area contributed by atoms with Crippen LogP contribution in [0.3, 0.4) is 0 Å². The Morgan fingerprint density at radius 2 is 1.53 bits per heavy atom. The first-order chi connectivity index (χ1) is 14.7. The van der Waals surface area contributed by atoms with Crippen molar-refractivity contribution in [3.8, 4) is 17.1 Å². The van der Waals surface area contributed by atoms with E-state index >= 15 is 0 Å². The van der Waals surface area contributed by atoms with Crippen molar-refractivity contribution >= 4 is 17.3 Å². The van der Waals surface area contributed by atoms with Gasteiger partial charge in [-0.3, -0.25) is 0 Å². The van der Waals surface area contributed by atoms with Crippen LogP contribution < -0.4 is 14.5 Å². The average Bonchev–Trinajstić information content (AvgIpc) is 3.23. The molecule has 0 unspecified atom stereocenters. The summed E-state index contributed by atoms with van der Waals surface area (Å²) in [6.07, 6.45) is 0. The van der Waals surface area contributed by atoms with E-state index in [1.165, 1.54) is 0 Å². The molecule has 152 valence electrons. The highest BCUT2D eigenvalue weighted by atomic mass is 16.5. The Hall–Kier alpha value is -3.61. The monoisotopic (exact) mass is 400 g/mol. The van der Waals surface area contributed by atoms with E-state index in [0.717, 1.165) is 54.7 Å². The van der Waals surface area contributed by atoms with Crippen molar-refractivity contribution in [3.05, 3.63) is 66.4 Å². The Morgan fingerprint density at radius 1 is 0.833 bits per heavy atom. The Morgan fingerprint density at radius 3 is 2.30 bits per heavy atom.